The number of ether oxygens (including phenoxy) is 3. The van der Waals surface area contributed by atoms with Gasteiger partial charge in [-0.05, 0) is 82.3 Å². The molecule has 4 aromatic rings. The van der Waals surface area contributed by atoms with Crippen LogP contribution in [-0.2, 0) is 16.0 Å². The van der Waals surface area contributed by atoms with Crippen molar-refractivity contribution in [2.24, 2.45) is 5.92 Å². The molecule has 1 N–H and O–H groups in total. The Bertz CT molecular complexity index is 1680. The number of fused-ring (bicyclic) bond motifs is 1. The molecule has 238 valence electrons. The molecule has 45 heavy (non-hydrogen) atoms. The predicted molar refractivity (Wildman–Crippen MR) is 175 cm³/mol. The molecule has 5 rings (SSSR count). The lowest BCUT2D eigenvalue weighted by molar-refractivity contribution is -0.159. The van der Waals surface area contributed by atoms with Crippen molar-refractivity contribution in [2.45, 2.75) is 77.9 Å². The maximum Gasteiger partial charge on any atom is 0.329 e. The lowest BCUT2D eigenvalue weighted by atomic mass is 9.83. The third-order valence-corrected chi connectivity index (χ3v) is 8.43. The van der Waals surface area contributed by atoms with Crippen molar-refractivity contribution in [2.75, 3.05) is 14.2 Å². The Balaban J connectivity index is 1.71. The summed E-state index contributed by atoms with van der Waals surface area (Å²) in [6, 6.07) is 12.1. The van der Waals surface area contributed by atoms with Crippen LogP contribution in [0.15, 0.2) is 48.7 Å². The van der Waals surface area contributed by atoms with E-state index >= 15 is 0 Å². The first-order chi connectivity index (χ1) is 21.6. The molecule has 1 atom stereocenters. The molecule has 0 spiro atoms. The average Bonchev–Trinajstić information content (AvgIpc) is 3.41. The van der Waals surface area contributed by atoms with Crippen molar-refractivity contribution in [3.8, 4) is 28.4 Å². The van der Waals surface area contributed by atoms with E-state index < -0.39 is 23.5 Å². The van der Waals surface area contributed by atoms with Crippen LogP contribution in [0.2, 0.25) is 5.02 Å². The molecule has 2 heterocycles. The van der Waals surface area contributed by atoms with Crippen LogP contribution >= 0.6 is 11.6 Å². The number of hydrogen-bond donors (Lipinski definition) is 1. The van der Waals surface area contributed by atoms with E-state index in [1.54, 1.807) is 37.2 Å². The van der Waals surface area contributed by atoms with Crippen molar-refractivity contribution in [3.05, 3.63) is 64.9 Å². The van der Waals surface area contributed by atoms with Crippen LogP contribution in [-0.4, -0.2) is 52.5 Å². The minimum Gasteiger partial charge on any atom is -0.496 e. The molecule has 1 saturated carbocycles. The molecular formula is C35H41ClN4O5. The molecule has 2 aromatic heterocycles. The van der Waals surface area contributed by atoms with Gasteiger partial charge in [-0.15, -0.1) is 0 Å². The molecule has 0 saturated heterocycles. The second kappa shape index (κ2) is 13.5. The average molecular weight is 633 g/mol. The van der Waals surface area contributed by atoms with Gasteiger partial charge in [0.25, 0.3) is 5.91 Å². The zero-order chi connectivity index (χ0) is 32.3. The zero-order valence-corrected chi connectivity index (χ0v) is 27.5. The number of rotatable bonds is 9. The van der Waals surface area contributed by atoms with Crippen molar-refractivity contribution in [1.82, 2.24) is 20.1 Å². The number of esters is 1. The van der Waals surface area contributed by atoms with E-state index in [0.29, 0.717) is 51.0 Å². The first-order valence-electron chi connectivity index (χ1n) is 15.5. The van der Waals surface area contributed by atoms with Gasteiger partial charge in [-0.25, -0.2) is 9.48 Å². The number of carbonyl (C=O) groups excluding carboxylic acids is 2. The Morgan fingerprint density at radius 2 is 1.73 bits per heavy atom. The SMILES string of the molecule is CCc1c(C(=O)N[C@H](C(=O)OC(C)(C)C)C2CCCCC2)nn(-c2ccnc3cc(Cl)ccc23)c1-c1c(OC)cccc1OC. The number of benzene rings is 2. The van der Waals surface area contributed by atoms with Crippen LogP contribution in [0, 0.1) is 5.92 Å². The lowest BCUT2D eigenvalue weighted by Gasteiger charge is -2.31. The van der Waals surface area contributed by atoms with Crippen molar-refractivity contribution < 1.29 is 23.8 Å². The highest BCUT2D eigenvalue weighted by Gasteiger charge is 2.36. The van der Waals surface area contributed by atoms with Gasteiger partial charge in [-0.1, -0.05) is 43.9 Å². The van der Waals surface area contributed by atoms with Gasteiger partial charge in [0, 0.05) is 22.2 Å². The van der Waals surface area contributed by atoms with E-state index in [2.05, 4.69) is 10.3 Å². The maximum absolute atomic E-state index is 14.3. The summed E-state index contributed by atoms with van der Waals surface area (Å²) >= 11 is 6.31. The highest BCUT2D eigenvalue weighted by atomic mass is 35.5. The first-order valence-corrected chi connectivity index (χ1v) is 15.9. The highest BCUT2D eigenvalue weighted by Crippen LogP contribution is 2.43. The highest BCUT2D eigenvalue weighted by molar-refractivity contribution is 6.31. The monoisotopic (exact) mass is 632 g/mol. The molecule has 1 amide bonds. The fraction of sp³-hybridized carbons (Fsp3) is 0.429. The lowest BCUT2D eigenvalue weighted by Crippen LogP contribution is -2.49. The summed E-state index contributed by atoms with van der Waals surface area (Å²) in [5, 5.41) is 9.38. The van der Waals surface area contributed by atoms with E-state index in [4.69, 9.17) is 30.9 Å². The molecule has 0 aliphatic heterocycles. The molecule has 10 heteroatoms. The number of nitrogens with zero attached hydrogens (tertiary/aromatic N) is 3. The molecule has 0 radical (unpaired) electrons. The van der Waals surface area contributed by atoms with E-state index in [9.17, 15) is 9.59 Å². The molecule has 0 unspecified atom stereocenters. The van der Waals surface area contributed by atoms with Gasteiger partial charge in [0.1, 0.15) is 23.1 Å². The Labute approximate surface area is 269 Å². The normalized spacial score (nSPS) is 14.6. The fourth-order valence-corrected chi connectivity index (χ4v) is 6.35. The summed E-state index contributed by atoms with van der Waals surface area (Å²) in [7, 11) is 3.19. The van der Waals surface area contributed by atoms with Crippen molar-refractivity contribution >= 4 is 34.4 Å². The molecule has 0 bridgehead atoms. The molecule has 1 aliphatic rings. The van der Waals surface area contributed by atoms with Crippen LogP contribution in [0.4, 0.5) is 0 Å². The van der Waals surface area contributed by atoms with Crippen LogP contribution in [0.3, 0.4) is 0 Å². The number of carbonyl (C=O) groups is 2. The van der Waals surface area contributed by atoms with Gasteiger partial charge in [-0.3, -0.25) is 9.78 Å². The summed E-state index contributed by atoms with van der Waals surface area (Å²) in [6.07, 6.45) is 6.96. The summed E-state index contributed by atoms with van der Waals surface area (Å²) in [5.74, 6) is 0.236. The minimum absolute atomic E-state index is 0.0209. The second-order valence-corrected chi connectivity index (χ2v) is 12.8. The second-order valence-electron chi connectivity index (χ2n) is 12.4. The molecule has 1 fully saturated rings. The van der Waals surface area contributed by atoms with Crippen molar-refractivity contribution in [1.29, 1.82) is 0 Å². The summed E-state index contributed by atoms with van der Waals surface area (Å²) in [4.78, 5) is 32.3. The number of methoxy groups -OCH3 is 2. The fourth-order valence-electron chi connectivity index (χ4n) is 6.19. The molecule has 9 nitrogen and oxygen atoms in total. The number of nitrogens with one attached hydrogen (secondary N) is 1. The number of halogens is 1. The van der Waals surface area contributed by atoms with E-state index in [-0.39, 0.29) is 11.6 Å². The quantitative estimate of drug-likeness (QED) is 0.193. The van der Waals surface area contributed by atoms with Crippen LogP contribution < -0.4 is 14.8 Å². The predicted octanol–water partition coefficient (Wildman–Crippen LogP) is 7.34. The largest absolute Gasteiger partial charge is 0.496 e. The van der Waals surface area contributed by atoms with Gasteiger partial charge in [0.2, 0.25) is 0 Å². The van der Waals surface area contributed by atoms with E-state index in [1.165, 1.54) is 0 Å². The summed E-state index contributed by atoms with van der Waals surface area (Å²) in [5.41, 5.74) is 2.88. The standard InChI is InChI=1S/C35H41ClN4O5/c1-7-23-31(33(41)38-30(21-12-9-8-10-13-21)34(42)45-35(2,3)4)39-40(26-18-19-37-25-20-22(36)16-17-24(25)26)32(23)29-27(43-5)14-11-15-28(29)44-6/h11,14-21,30H,7-10,12-13H2,1-6H3,(H,38,41)/t30-/m0/s1. The Morgan fingerprint density at radius 3 is 2.36 bits per heavy atom. The smallest absolute Gasteiger partial charge is 0.329 e. The molecule has 1 aliphatic carbocycles. The third-order valence-electron chi connectivity index (χ3n) is 8.20. The number of pyridine rings is 1. The molecule has 2 aromatic carbocycles. The van der Waals surface area contributed by atoms with Gasteiger partial charge >= 0.3 is 5.97 Å². The van der Waals surface area contributed by atoms with Crippen LogP contribution in [0.5, 0.6) is 11.5 Å². The minimum atomic E-state index is -0.792. The van der Waals surface area contributed by atoms with E-state index in [0.717, 1.165) is 37.5 Å². The van der Waals surface area contributed by atoms with Crippen molar-refractivity contribution in [3.63, 3.8) is 0 Å². The van der Waals surface area contributed by atoms with Gasteiger partial charge in [-0.2, -0.15) is 5.10 Å². The summed E-state index contributed by atoms with van der Waals surface area (Å²) in [6.45, 7) is 7.47. The Hall–Kier alpha value is -4.11. The number of hydrogen-bond acceptors (Lipinski definition) is 7. The topological polar surface area (TPSA) is 105 Å². The zero-order valence-electron chi connectivity index (χ0n) is 26.8. The third kappa shape index (κ3) is 6.78. The Kier molecular flexibility index (Phi) is 9.68. The summed E-state index contributed by atoms with van der Waals surface area (Å²) < 4.78 is 19.2. The first kappa shape index (κ1) is 32.3. The number of amides is 1. The van der Waals surface area contributed by atoms with Gasteiger partial charge < -0.3 is 19.5 Å². The Morgan fingerprint density at radius 1 is 1.04 bits per heavy atom. The van der Waals surface area contributed by atoms with Crippen LogP contribution in [0.25, 0.3) is 27.8 Å². The van der Waals surface area contributed by atoms with Gasteiger partial charge in [0.05, 0.1) is 36.7 Å². The maximum atomic E-state index is 14.3. The number of aromatic nitrogens is 3. The van der Waals surface area contributed by atoms with Crippen LogP contribution in [0.1, 0.15) is 75.9 Å². The van der Waals surface area contributed by atoms with E-state index in [1.807, 2.05) is 58.0 Å². The van der Waals surface area contributed by atoms with Gasteiger partial charge in [0.15, 0.2) is 5.69 Å². The molecular weight excluding hydrogens is 592 g/mol.